The fourth-order valence-electron chi connectivity index (χ4n) is 0.826. The Morgan fingerprint density at radius 1 is 1.30 bits per heavy atom. The van der Waals surface area contributed by atoms with E-state index < -0.39 is 0 Å². The van der Waals surface area contributed by atoms with Crippen LogP contribution >= 0.6 is 0 Å². The predicted octanol–water partition coefficient (Wildman–Crippen LogP) is -1.87. The Morgan fingerprint density at radius 2 is 1.90 bits per heavy atom. The Kier molecular flexibility index (Phi) is 3.58. The second-order valence-corrected chi connectivity index (χ2v) is 2.46. The van der Waals surface area contributed by atoms with Crippen LogP contribution in [0.2, 0.25) is 0 Å². The van der Waals surface area contributed by atoms with Crippen molar-refractivity contribution in [3.8, 4) is 0 Å². The van der Waals surface area contributed by atoms with Gasteiger partial charge in [-0.25, -0.2) is 4.57 Å². The average molecular weight is 202 g/mol. The van der Waals surface area contributed by atoms with Crippen molar-refractivity contribution < 1.29 is 21.5 Å². The monoisotopic (exact) mass is 201 g/mol. The minimum absolute atomic E-state index is 0. The lowest BCUT2D eigenvalue weighted by molar-refractivity contribution is -0.677. The lowest BCUT2D eigenvalue weighted by atomic mass is 10.2. The molecule has 0 saturated heterocycles. The van der Waals surface area contributed by atoms with E-state index in [1.54, 1.807) is 0 Å². The molecule has 0 aliphatic carbocycles. The largest absolute Gasteiger partial charge is 1.00 e. The lowest BCUT2D eigenvalue weighted by Crippen LogP contribution is -3.00. The van der Waals surface area contributed by atoms with Gasteiger partial charge < -0.3 is 17.0 Å². The predicted molar refractivity (Wildman–Crippen MR) is 37.1 cm³/mol. The minimum atomic E-state index is 0. The third kappa shape index (κ3) is 2.10. The summed E-state index contributed by atoms with van der Waals surface area (Å²) in [6.07, 6.45) is 2.07. The molecule has 1 heterocycles. The Morgan fingerprint density at radius 3 is 2.30 bits per heavy atom. The van der Waals surface area contributed by atoms with E-state index in [1.807, 2.05) is 0 Å². The van der Waals surface area contributed by atoms with Gasteiger partial charge in [0, 0.05) is 19.1 Å². The number of nitrogens with zero attached hydrogens (tertiary/aromatic N) is 1. The first-order chi connectivity index (χ1) is 4.20. The van der Waals surface area contributed by atoms with Gasteiger partial charge in [-0.2, -0.15) is 0 Å². The molecule has 0 bridgehead atoms. The normalized spacial score (nSPS) is 8.70. The Bertz CT molecular complexity index is 220. The molecule has 0 N–H and O–H groups in total. The van der Waals surface area contributed by atoms with E-state index in [1.165, 1.54) is 11.3 Å². The zero-order valence-electron chi connectivity index (χ0n) is 6.56. The van der Waals surface area contributed by atoms with Gasteiger partial charge in [-0.15, -0.1) is 0 Å². The molecule has 0 atom stereocenters. The highest BCUT2D eigenvalue weighted by Crippen LogP contribution is 1.94. The molecule has 56 valence electrons. The number of hydrogen-bond donors (Lipinski definition) is 0. The summed E-state index contributed by atoms with van der Waals surface area (Å²) in [5.41, 5.74) is 2.63. The highest BCUT2D eigenvalue weighted by Gasteiger charge is 1.96. The van der Waals surface area contributed by atoms with Crippen LogP contribution in [-0.2, 0) is 7.05 Å². The molecule has 0 radical (unpaired) electrons. The molecule has 1 nitrogen and oxygen atoms in total. The van der Waals surface area contributed by atoms with E-state index in [0.717, 1.165) is 0 Å². The van der Waals surface area contributed by atoms with Gasteiger partial charge in [-0.1, -0.05) is 0 Å². The maximum atomic E-state index is 2.17. The first-order valence-corrected chi connectivity index (χ1v) is 3.13. The summed E-state index contributed by atoms with van der Waals surface area (Å²) >= 11 is 0. The lowest BCUT2D eigenvalue weighted by Gasteiger charge is -1.92. The molecule has 0 unspecified atom stereocenters. The molecule has 0 amide bonds. The van der Waals surface area contributed by atoms with E-state index in [0.29, 0.717) is 0 Å². The zero-order valence-corrected chi connectivity index (χ0v) is 8.14. The second-order valence-electron chi connectivity index (χ2n) is 2.46. The van der Waals surface area contributed by atoms with Gasteiger partial charge in [0.25, 0.3) is 0 Å². The standard InChI is InChI=1S/C8H12N.BrH/c1-7-4-5-9(3)8(2)6-7;/h4-6H,1-3H3;1H/q+1;/p-1. The molecule has 2 heteroatoms. The van der Waals surface area contributed by atoms with Crippen molar-refractivity contribution in [3.05, 3.63) is 29.6 Å². The van der Waals surface area contributed by atoms with E-state index in [4.69, 9.17) is 0 Å². The minimum Gasteiger partial charge on any atom is -1.00 e. The van der Waals surface area contributed by atoms with Gasteiger partial charge in [0.2, 0.25) is 0 Å². The zero-order chi connectivity index (χ0) is 6.85. The van der Waals surface area contributed by atoms with Gasteiger partial charge in [0.05, 0.1) is 0 Å². The van der Waals surface area contributed by atoms with Crippen LogP contribution in [0, 0.1) is 13.8 Å². The third-order valence-corrected chi connectivity index (χ3v) is 1.55. The third-order valence-electron chi connectivity index (χ3n) is 1.55. The number of halogens is 1. The summed E-state index contributed by atoms with van der Waals surface area (Å²) in [6.45, 7) is 4.21. The van der Waals surface area contributed by atoms with Crippen molar-refractivity contribution in [2.45, 2.75) is 13.8 Å². The van der Waals surface area contributed by atoms with Crippen molar-refractivity contribution in [1.29, 1.82) is 0 Å². The van der Waals surface area contributed by atoms with Crippen molar-refractivity contribution in [2.24, 2.45) is 7.05 Å². The van der Waals surface area contributed by atoms with E-state index >= 15 is 0 Å². The molecule has 10 heavy (non-hydrogen) atoms. The van der Waals surface area contributed by atoms with Crippen molar-refractivity contribution in [3.63, 3.8) is 0 Å². The van der Waals surface area contributed by atoms with E-state index in [9.17, 15) is 0 Å². The summed E-state index contributed by atoms with van der Waals surface area (Å²) in [6, 6.07) is 4.27. The van der Waals surface area contributed by atoms with Crippen LogP contribution in [0.25, 0.3) is 0 Å². The molecular formula is C8H12BrN. The smallest absolute Gasteiger partial charge is 0.178 e. The van der Waals surface area contributed by atoms with Crippen LogP contribution in [0.3, 0.4) is 0 Å². The topological polar surface area (TPSA) is 3.88 Å². The van der Waals surface area contributed by atoms with Crippen molar-refractivity contribution >= 4 is 0 Å². The molecule has 0 spiro atoms. The molecule has 1 rings (SSSR count). The van der Waals surface area contributed by atoms with Crippen LogP contribution in [0.5, 0.6) is 0 Å². The summed E-state index contributed by atoms with van der Waals surface area (Å²) < 4.78 is 2.10. The maximum absolute atomic E-state index is 2.17. The molecule has 1 aromatic rings. The number of aromatic nitrogens is 1. The highest BCUT2D eigenvalue weighted by molar-refractivity contribution is 5.08. The van der Waals surface area contributed by atoms with Gasteiger partial charge in [-0.05, 0) is 12.5 Å². The second kappa shape index (κ2) is 3.71. The number of pyridine rings is 1. The summed E-state index contributed by atoms with van der Waals surface area (Å²) in [4.78, 5) is 0. The molecule has 0 saturated carbocycles. The van der Waals surface area contributed by atoms with E-state index in [-0.39, 0.29) is 17.0 Å². The molecule has 0 aliphatic rings. The molecule has 0 fully saturated rings. The summed E-state index contributed by atoms with van der Waals surface area (Å²) in [5, 5.41) is 0. The Hall–Kier alpha value is -0.370. The Labute approximate surface area is 72.5 Å². The number of aryl methyl sites for hydroxylation is 3. The molecule has 0 aliphatic heterocycles. The maximum Gasteiger partial charge on any atom is 0.178 e. The molecular weight excluding hydrogens is 190 g/mol. The first-order valence-electron chi connectivity index (χ1n) is 3.13. The summed E-state index contributed by atoms with van der Waals surface area (Å²) in [5.74, 6) is 0. The van der Waals surface area contributed by atoms with Crippen LogP contribution < -0.4 is 21.5 Å². The van der Waals surface area contributed by atoms with Gasteiger partial charge >= 0.3 is 0 Å². The van der Waals surface area contributed by atoms with Gasteiger partial charge in [-0.3, -0.25) is 0 Å². The van der Waals surface area contributed by atoms with Crippen LogP contribution in [0.15, 0.2) is 18.3 Å². The van der Waals surface area contributed by atoms with Crippen LogP contribution in [0.4, 0.5) is 0 Å². The van der Waals surface area contributed by atoms with Crippen molar-refractivity contribution in [1.82, 2.24) is 0 Å². The first kappa shape index (κ1) is 9.63. The number of rotatable bonds is 0. The van der Waals surface area contributed by atoms with Crippen LogP contribution in [-0.4, -0.2) is 0 Å². The van der Waals surface area contributed by atoms with Crippen LogP contribution in [0.1, 0.15) is 11.3 Å². The molecule has 1 aromatic heterocycles. The quantitative estimate of drug-likeness (QED) is 0.434. The number of hydrogen-bond acceptors (Lipinski definition) is 0. The fraction of sp³-hybridized carbons (Fsp3) is 0.375. The highest BCUT2D eigenvalue weighted by atomic mass is 79.9. The average Bonchev–Trinajstić information content (AvgIpc) is 1.80. The molecule has 0 aromatic carbocycles. The fourth-order valence-corrected chi connectivity index (χ4v) is 0.826. The SMILES string of the molecule is Cc1cc[n+](C)c(C)c1.[Br-]. The summed E-state index contributed by atoms with van der Waals surface area (Å²) in [7, 11) is 2.05. The van der Waals surface area contributed by atoms with Gasteiger partial charge in [0.1, 0.15) is 7.05 Å². The van der Waals surface area contributed by atoms with Crippen molar-refractivity contribution in [2.75, 3.05) is 0 Å². The Balaban J connectivity index is 0.000000810. The van der Waals surface area contributed by atoms with E-state index in [2.05, 4.69) is 43.8 Å². The van der Waals surface area contributed by atoms with Gasteiger partial charge in [0.15, 0.2) is 11.9 Å².